The van der Waals surface area contributed by atoms with Crippen LogP contribution in [0.25, 0.3) is 0 Å². The van der Waals surface area contributed by atoms with E-state index >= 15 is 0 Å². The van der Waals surface area contributed by atoms with Crippen LogP contribution in [0.3, 0.4) is 0 Å². The Balaban J connectivity index is 3.02. The lowest BCUT2D eigenvalue weighted by Gasteiger charge is -2.38. The standard InChI is InChI=1S/C15H28N2OS/c1-4-11-17(12(2)3)14(18)15(13(16)19)9-7-5-6-8-10-15/h12H,4-11H2,1-3H3,(H2,16,19). The molecule has 4 heteroatoms. The minimum Gasteiger partial charge on any atom is -0.392 e. The number of thiocarbonyl (C=S) groups is 1. The van der Waals surface area contributed by atoms with E-state index < -0.39 is 5.41 Å². The first-order chi connectivity index (χ1) is 8.95. The molecule has 19 heavy (non-hydrogen) atoms. The Labute approximate surface area is 122 Å². The van der Waals surface area contributed by atoms with E-state index in [4.69, 9.17) is 18.0 Å². The highest BCUT2D eigenvalue weighted by molar-refractivity contribution is 7.80. The summed E-state index contributed by atoms with van der Waals surface area (Å²) in [7, 11) is 0. The van der Waals surface area contributed by atoms with Crippen molar-refractivity contribution in [3.05, 3.63) is 0 Å². The van der Waals surface area contributed by atoms with Crippen molar-refractivity contribution in [1.29, 1.82) is 0 Å². The van der Waals surface area contributed by atoms with E-state index in [-0.39, 0.29) is 11.9 Å². The minimum absolute atomic E-state index is 0.166. The van der Waals surface area contributed by atoms with Crippen molar-refractivity contribution in [1.82, 2.24) is 4.90 Å². The van der Waals surface area contributed by atoms with Crippen LogP contribution in [-0.2, 0) is 4.79 Å². The van der Waals surface area contributed by atoms with E-state index in [1.54, 1.807) is 0 Å². The molecule has 0 aromatic carbocycles. The first-order valence-electron chi connectivity index (χ1n) is 7.56. The van der Waals surface area contributed by atoms with Gasteiger partial charge in [-0.25, -0.2) is 0 Å². The van der Waals surface area contributed by atoms with E-state index in [1.165, 1.54) is 12.8 Å². The molecule has 1 fully saturated rings. The second-order valence-electron chi connectivity index (χ2n) is 5.95. The normalized spacial score (nSPS) is 18.9. The second-order valence-corrected chi connectivity index (χ2v) is 6.39. The molecule has 1 amide bonds. The average Bonchev–Trinajstić information content (AvgIpc) is 2.61. The van der Waals surface area contributed by atoms with Crippen molar-refractivity contribution in [2.24, 2.45) is 11.1 Å². The third-order valence-corrected chi connectivity index (χ3v) is 4.58. The summed E-state index contributed by atoms with van der Waals surface area (Å²) < 4.78 is 0. The molecule has 0 saturated heterocycles. The molecule has 110 valence electrons. The molecule has 2 N–H and O–H groups in total. The van der Waals surface area contributed by atoms with Crippen LogP contribution in [0.1, 0.15) is 65.7 Å². The highest BCUT2D eigenvalue weighted by Gasteiger charge is 2.44. The van der Waals surface area contributed by atoms with Gasteiger partial charge in [0.1, 0.15) is 0 Å². The highest BCUT2D eigenvalue weighted by Crippen LogP contribution is 2.37. The summed E-state index contributed by atoms with van der Waals surface area (Å²) in [5, 5.41) is 0. The number of nitrogens with zero attached hydrogens (tertiary/aromatic N) is 1. The molecule has 1 saturated carbocycles. The van der Waals surface area contributed by atoms with Crippen molar-refractivity contribution in [2.75, 3.05) is 6.54 Å². The lowest BCUT2D eigenvalue weighted by atomic mass is 9.78. The summed E-state index contributed by atoms with van der Waals surface area (Å²) in [6, 6.07) is 0.210. The summed E-state index contributed by atoms with van der Waals surface area (Å²) in [6.07, 6.45) is 7.11. The third-order valence-electron chi connectivity index (χ3n) is 4.19. The molecular formula is C15H28N2OS. The number of carbonyl (C=O) groups is 1. The summed E-state index contributed by atoms with van der Waals surface area (Å²) in [5.41, 5.74) is 5.41. The smallest absolute Gasteiger partial charge is 0.235 e. The zero-order valence-corrected chi connectivity index (χ0v) is 13.4. The monoisotopic (exact) mass is 284 g/mol. The van der Waals surface area contributed by atoms with Crippen LogP contribution < -0.4 is 5.73 Å². The van der Waals surface area contributed by atoms with E-state index in [2.05, 4.69) is 20.8 Å². The van der Waals surface area contributed by atoms with Gasteiger partial charge in [0, 0.05) is 12.6 Å². The molecule has 0 heterocycles. The average molecular weight is 284 g/mol. The molecule has 1 aliphatic rings. The fraction of sp³-hybridized carbons (Fsp3) is 0.867. The zero-order chi connectivity index (χ0) is 14.5. The molecule has 0 aromatic rings. The van der Waals surface area contributed by atoms with E-state index in [1.807, 2.05) is 4.90 Å². The van der Waals surface area contributed by atoms with Crippen molar-refractivity contribution >= 4 is 23.1 Å². The van der Waals surface area contributed by atoms with Crippen LogP contribution in [0.5, 0.6) is 0 Å². The summed E-state index contributed by atoms with van der Waals surface area (Å²) in [4.78, 5) is 15.4. The molecule has 0 aromatic heterocycles. The molecule has 0 atom stereocenters. The van der Waals surface area contributed by atoms with Gasteiger partial charge >= 0.3 is 0 Å². The number of hydrogen-bond acceptors (Lipinski definition) is 2. The lowest BCUT2D eigenvalue weighted by molar-refractivity contribution is -0.140. The Morgan fingerprint density at radius 1 is 1.26 bits per heavy atom. The zero-order valence-electron chi connectivity index (χ0n) is 12.6. The fourth-order valence-electron chi connectivity index (χ4n) is 3.01. The number of carbonyl (C=O) groups excluding carboxylic acids is 1. The molecule has 1 aliphatic carbocycles. The number of rotatable bonds is 5. The van der Waals surface area contributed by atoms with Gasteiger partial charge < -0.3 is 10.6 Å². The predicted octanol–water partition coefficient (Wildman–Crippen LogP) is 3.26. The largest absolute Gasteiger partial charge is 0.392 e. The van der Waals surface area contributed by atoms with Gasteiger partial charge in [0.05, 0.1) is 10.4 Å². The van der Waals surface area contributed by atoms with Gasteiger partial charge in [0.25, 0.3) is 0 Å². The lowest BCUT2D eigenvalue weighted by Crippen LogP contribution is -2.52. The minimum atomic E-state index is -0.578. The number of amides is 1. The molecule has 1 rings (SSSR count). The summed E-state index contributed by atoms with van der Waals surface area (Å²) in [5.74, 6) is 0.166. The maximum Gasteiger partial charge on any atom is 0.235 e. The van der Waals surface area contributed by atoms with E-state index in [0.29, 0.717) is 4.99 Å². The quantitative estimate of drug-likeness (QED) is 0.622. The van der Waals surface area contributed by atoms with Crippen molar-refractivity contribution in [3.63, 3.8) is 0 Å². The summed E-state index contributed by atoms with van der Waals surface area (Å²) in [6.45, 7) is 7.03. The highest BCUT2D eigenvalue weighted by atomic mass is 32.1. The molecule has 0 unspecified atom stereocenters. The van der Waals surface area contributed by atoms with Crippen LogP contribution in [0.2, 0.25) is 0 Å². The van der Waals surface area contributed by atoms with Crippen LogP contribution in [0, 0.1) is 5.41 Å². The first-order valence-corrected chi connectivity index (χ1v) is 7.97. The van der Waals surface area contributed by atoms with Crippen LogP contribution >= 0.6 is 12.2 Å². The maximum absolute atomic E-state index is 13.0. The van der Waals surface area contributed by atoms with Gasteiger partial charge in [-0.2, -0.15) is 0 Å². The van der Waals surface area contributed by atoms with Gasteiger partial charge in [-0.05, 0) is 33.1 Å². The molecule has 0 bridgehead atoms. The molecular weight excluding hydrogens is 256 g/mol. The van der Waals surface area contributed by atoms with Crippen LogP contribution in [0.15, 0.2) is 0 Å². The van der Waals surface area contributed by atoms with Gasteiger partial charge in [-0.1, -0.05) is 44.8 Å². The molecule has 3 nitrogen and oxygen atoms in total. The van der Waals surface area contributed by atoms with Gasteiger partial charge in [-0.15, -0.1) is 0 Å². The Hall–Kier alpha value is -0.640. The molecule has 0 aliphatic heterocycles. The maximum atomic E-state index is 13.0. The predicted molar refractivity (Wildman–Crippen MR) is 84.1 cm³/mol. The Morgan fingerprint density at radius 2 is 1.79 bits per heavy atom. The Kier molecular flexibility index (Phi) is 6.24. The Bertz CT molecular complexity index is 320. The SMILES string of the molecule is CCCN(C(=O)C1(C(N)=S)CCCCCC1)C(C)C. The van der Waals surface area contributed by atoms with E-state index in [0.717, 1.165) is 38.6 Å². The molecule has 0 radical (unpaired) electrons. The molecule has 0 spiro atoms. The third kappa shape index (κ3) is 3.68. The van der Waals surface area contributed by atoms with E-state index in [9.17, 15) is 4.79 Å². The first kappa shape index (κ1) is 16.4. The van der Waals surface area contributed by atoms with Crippen LogP contribution in [-0.4, -0.2) is 28.4 Å². The van der Waals surface area contributed by atoms with Crippen molar-refractivity contribution < 1.29 is 4.79 Å². The van der Waals surface area contributed by atoms with Gasteiger partial charge in [0.15, 0.2) is 0 Å². The second kappa shape index (κ2) is 7.22. The van der Waals surface area contributed by atoms with Gasteiger partial charge in [0.2, 0.25) is 5.91 Å². The fourth-order valence-corrected chi connectivity index (χ4v) is 3.30. The summed E-state index contributed by atoms with van der Waals surface area (Å²) >= 11 is 5.28. The van der Waals surface area contributed by atoms with Crippen LogP contribution in [0.4, 0.5) is 0 Å². The van der Waals surface area contributed by atoms with Gasteiger partial charge in [-0.3, -0.25) is 4.79 Å². The topological polar surface area (TPSA) is 46.3 Å². The Morgan fingerprint density at radius 3 is 2.16 bits per heavy atom. The van der Waals surface area contributed by atoms with Crippen molar-refractivity contribution in [2.45, 2.75) is 71.8 Å². The van der Waals surface area contributed by atoms with Crippen molar-refractivity contribution in [3.8, 4) is 0 Å². The number of hydrogen-bond donors (Lipinski definition) is 1. The number of nitrogens with two attached hydrogens (primary N) is 1.